The van der Waals surface area contributed by atoms with Crippen LogP contribution in [-0.2, 0) is 4.74 Å². The van der Waals surface area contributed by atoms with Crippen molar-refractivity contribution in [2.24, 2.45) is 0 Å². The molecule has 0 amide bonds. The SMILES string of the molecule is C=C/C=C(\OC)c1cccc(C)c1. The molecule has 13 heavy (non-hydrogen) atoms. The summed E-state index contributed by atoms with van der Waals surface area (Å²) in [5.41, 5.74) is 2.31. The Bertz CT molecular complexity index is 324. The van der Waals surface area contributed by atoms with Gasteiger partial charge in [-0.05, 0) is 19.1 Å². The lowest BCUT2D eigenvalue weighted by molar-refractivity contribution is 0.370. The summed E-state index contributed by atoms with van der Waals surface area (Å²) < 4.78 is 5.22. The molecule has 0 aliphatic heterocycles. The van der Waals surface area contributed by atoms with Crippen LogP contribution in [0.15, 0.2) is 43.0 Å². The number of methoxy groups -OCH3 is 1. The molecule has 0 bridgehead atoms. The molecule has 0 heterocycles. The van der Waals surface area contributed by atoms with Gasteiger partial charge in [0.15, 0.2) is 0 Å². The molecular formula is C12H14O. The van der Waals surface area contributed by atoms with Crippen LogP contribution in [0.2, 0.25) is 0 Å². The number of hydrogen-bond acceptors (Lipinski definition) is 1. The Morgan fingerprint density at radius 2 is 2.23 bits per heavy atom. The molecule has 0 spiro atoms. The lowest BCUT2D eigenvalue weighted by atomic mass is 10.1. The van der Waals surface area contributed by atoms with E-state index in [2.05, 4.69) is 25.6 Å². The molecule has 68 valence electrons. The number of rotatable bonds is 3. The molecule has 0 saturated carbocycles. The molecule has 0 atom stereocenters. The van der Waals surface area contributed by atoms with Gasteiger partial charge in [0, 0.05) is 5.56 Å². The number of allylic oxidation sites excluding steroid dienone is 2. The van der Waals surface area contributed by atoms with Crippen LogP contribution in [0.1, 0.15) is 11.1 Å². The van der Waals surface area contributed by atoms with Crippen LogP contribution in [0.3, 0.4) is 0 Å². The van der Waals surface area contributed by atoms with E-state index < -0.39 is 0 Å². The van der Waals surface area contributed by atoms with Gasteiger partial charge in [0.25, 0.3) is 0 Å². The summed E-state index contributed by atoms with van der Waals surface area (Å²) in [7, 11) is 1.66. The molecule has 0 saturated heterocycles. The van der Waals surface area contributed by atoms with Crippen molar-refractivity contribution in [1.82, 2.24) is 0 Å². The van der Waals surface area contributed by atoms with Crippen molar-refractivity contribution in [3.05, 3.63) is 54.1 Å². The fraction of sp³-hybridized carbons (Fsp3) is 0.167. The van der Waals surface area contributed by atoms with Gasteiger partial charge in [-0.25, -0.2) is 0 Å². The quantitative estimate of drug-likeness (QED) is 0.505. The zero-order valence-electron chi connectivity index (χ0n) is 8.08. The van der Waals surface area contributed by atoms with Crippen molar-refractivity contribution < 1.29 is 4.74 Å². The summed E-state index contributed by atoms with van der Waals surface area (Å²) in [6.45, 7) is 5.70. The third-order valence-corrected chi connectivity index (χ3v) is 1.79. The second-order valence-corrected chi connectivity index (χ2v) is 2.84. The third kappa shape index (κ3) is 2.48. The van der Waals surface area contributed by atoms with E-state index in [1.807, 2.05) is 18.2 Å². The predicted molar refractivity (Wildman–Crippen MR) is 56.4 cm³/mol. The fourth-order valence-electron chi connectivity index (χ4n) is 1.19. The Labute approximate surface area is 79.4 Å². The van der Waals surface area contributed by atoms with Crippen LogP contribution >= 0.6 is 0 Å². The van der Waals surface area contributed by atoms with E-state index in [-0.39, 0.29) is 0 Å². The summed E-state index contributed by atoms with van der Waals surface area (Å²) in [6.07, 6.45) is 3.58. The van der Waals surface area contributed by atoms with E-state index >= 15 is 0 Å². The zero-order valence-corrected chi connectivity index (χ0v) is 8.08. The van der Waals surface area contributed by atoms with E-state index in [9.17, 15) is 0 Å². The predicted octanol–water partition coefficient (Wildman–Crippen LogP) is 3.17. The highest BCUT2D eigenvalue weighted by atomic mass is 16.5. The first-order chi connectivity index (χ1) is 6.27. The molecule has 1 heteroatoms. The summed E-state index contributed by atoms with van der Waals surface area (Å²) in [5, 5.41) is 0. The molecule has 1 aromatic rings. The third-order valence-electron chi connectivity index (χ3n) is 1.79. The van der Waals surface area contributed by atoms with Gasteiger partial charge in [-0.1, -0.05) is 36.4 Å². The van der Waals surface area contributed by atoms with Gasteiger partial charge in [0.05, 0.1) is 7.11 Å². The van der Waals surface area contributed by atoms with Gasteiger partial charge < -0.3 is 4.74 Å². The van der Waals surface area contributed by atoms with Crippen LogP contribution in [0.4, 0.5) is 0 Å². The highest BCUT2D eigenvalue weighted by molar-refractivity contribution is 5.61. The maximum absolute atomic E-state index is 5.22. The minimum Gasteiger partial charge on any atom is -0.496 e. The van der Waals surface area contributed by atoms with E-state index in [0.29, 0.717) is 0 Å². The Hall–Kier alpha value is -1.50. The summed E-state index contributed by atoms with van der Waals surface area (Å²) in [6, 6.07) is 8.18. The maximum atomic E-state index is 5.22. The van der Waals surface area contributed by atoms with Crippen molar-refractivity contribution in [2.45, 2.75) is 6.92 Å². The molecule has 1 nitrogen and oxygen atoms in total. The number of aryl methyl sites for hydroxylation is 1. The molecule has 0 fully saturated rings. The minimum absolute atomic E-state index is 0.846. The Morgan fingerprint density at radius 3 is 2.77 bits per heavy atom. The lowest BCUT2D eigenvalue weighted by Gasteiger charge is -2.05. The van der Waals surface area contributed by atoms with E-state index in [4.69, 9.17) is 4.74 Å². The van der Waals surface area contributed by atoms with Gasteiger partial charge >= 0.3 is 0 Å². The second-order valence-electron chi connectivity index (χ2n) is 2.84. The summed E-state index contributed by atoms with van der Waals surface area (Å²) >= 11 is 0. The zero-order chi connectivity index (χ0) is 9.68. The molecule has 0 radical (unpaired) electrons. The molecule has 1 aromatic carbocycles. The molecule has 0 aliphatic carbocycles. The smallest absolute Gasteiger partial charge is 0.126 e. The topological polar surface area (TPSA) is 9.23 Å². The number of hydrogen-bond donors (Lipinski definition) is 0. The monoisotopic (exact) mass is 174 g/mol. The number of benzene rings is 1. The van der Waals surface area contributed by atoms with Crippen LogP contribution in [-0.4, -0.2) is 7.11 Å². The van der Waals surface area contributed by atoms with Crippen molar-refractivity contribution in [2.75, 3.05) is 7.11 Å². The number of ether oxygens (including phenoxy) is 1. The highest BCUT2D eigenvalue weighted by Crippen LogP contribution is 2.15. The Balaban J connectivity index is 3.05. The summed E-state index contributed by atoms with van der Waals surface area (Å²) in [5.74, 6) is 0.846. The first-order valence-corrected chi connectivity index (χ1v) is 4.21. The van der Waals surface area contributed by atoms with Gasteiger partial charge in [0.1, 0.15) is 5.76 Å². The lowest BCUT2D eigenvalue weighted by Crippen LogP contribution is -1.87. The molecule has 1 rings (SSSR count). The van der Waals surface area contributed by atoms with Gasteiger partial charge in [-0.15, -0.1) is 0 Å². The van der Waals surface area contributed by atoms with Crippen LogP contribution < -0.4 is 0 Å². The van der Waals surface area contributed by atoms with E-state index in [1.54, 1.807) is 13.2 Å². The average molecular weight is 174 g/mol. The second kappa shape index (κ2) is 4.51. The van der Waals surface area contributed by atoms with Gasteiger partial charge in [0.2, 0.25) is 0 Å². The van der Waals surface area contributed by atoms with Gasteiger partial charge in [-0.2, -0.15) is 0 Å². The maximum Gasteiger partial charge on any atom is 0.126 e. The summed E-state index contributed by atoms with van der Waals surface area (Å²) in [4.78, 5) is 0. The Kier molecular flexibility index (Phi) is 3.32. The minimum atomic E-state index is 0.846. The molecule has 0 unspecified atom stereocenters. The fourth-order valence-corrected chi connectivity index (χ4v) is 1.19. The van der Waals surface area contributed by atoms with E-state index in [1.165, 1.54) is 5.56 Å². The van der Waals surface area contributed by atoms with Crippen molar-refractivity contribution in [3.63, 3.8) is 0 Å². The Morgan fingerprint density at radius 1 is 1.46 bits per heavy atom. The molecule has 0 aromatic heterocycles. The first-order valence-electron chi connectivity index (χ1n) is 4.21. The standard InChI is InChI=1S/C12H14O/c1-4-6-12(13-3)11-8-5-7-10(2)9-11/h4-9H,1H2,2-3H3/b12-6-. The largest absolute Gasteiger partial charge is 0.496 e. The van der Waals surface area contributed by atoms with Crippen LogP contribution in [0.5, 0.6) is 0 Å². The van der Waals surface area contributed by atoms with Crippen LogP contribution in [0, 0.1) is 6.92 Å². The van der Waals surface area contributed by atoms with Gasteiger partial charge in [-0.3, -0.25) is 0 Å². The van der Waals surface area contributed by atoms with E-state index in [0.717, 1.165) is 11.3 Å². The van der Waals surface area contributed by atoms with Crippen molar-refractivity contribution in [3.8, 4) is 0 Å². The normalized spacial score (nSPS) is 11.1. The average Bonchev–Trinajstić information content (AvgIpc) is 2.14. The van der Waals surface area contributed by atoms with Crippen LogP contribution in [0.25, 0.3) is 5.76 Å². The first kappa shape index (κ1) is 9.59. The highest BCUT2D eigenvalue weighted by Gasteiger charge is 1.98. The van der Waals surface area contributed by atoms with Crippen molar-refractivity contribution in [1.29, 1.82) is 0 Å². The molecule has 0 aliphatic rings. The van der Waals surface area contributed by atoms with Crippen molar-refractivity contribution >= 4 is 5.76 Å². The molecule has 0 N–H and O–H groups in total. The molecular weight excluding hydrogens is 160 g/mol.